The van der Waals surface area contributed by atoms with Gasteiger partial charge in [0.15, 0.2) is 0 Å². The fourth-order valence-electron chi connectivity index (χ4n) is 3.34. The summed E-state index contributed by atoms with van der Waals surface area (Å²) in [6, 6.07) is 19.6. The van der Waals surface area contributed by atoms with E-state index in [1.54, 1.807) is 19.2 Å². The highest BCUT2D eigenvalue weighted by Gasteiger charge is 2.20. The average Bonchev–Trinajstić information content (AvgIpc) is 3.35. The highest BCUT2D eigenvalue weighted by Crippen LogP contribution is 2.31. The highest BCUT2D eigenvalue weighted by molar-refractivity contribution is 7.17. The fraction of sp³-hybridized carbons (Fsp3) is 0.136. The van der Waals surface area contributed by atoms with Gasteiger partial charge in [-0.2, -0.15) is 0 Å². The van der Waals surface area contributed by atoms with Crippen LogP contribution >= 0.6 is 22.9 Å². The van der Waals surface area contributed by atoms with Crippen LogP contribution in [0.2, 0.25) is 4.34 Å². The Morgan fingerprint density at radius 3 is 2.64 bits per heavy atom. The second-order valence-electron chi connectivity index (χ2n) is 6.43. The minimum Gasteiger partial charge on any atom is -0.497 e. The van der Waals surface area contributed by atoms with Crippen LogP contribution in [0.3, 0.4) is 0 Å². The summed E-state index contributed by atoms with van der Waals surface area (Å²) >= 11 is 7.24. The van der Waals surface area contributed by atoms with Crippen molar-refractivity contribution in [3.8, 4) is 5.75 Å². The molecule has 2 aromatic heterocycles. The van der Waals surface area contributed by atoms with Gasteiger partial charge in [0.25, 0.3) is 5.91 Å². The lowest BCUT2D eigenvalue weighted by Crippen LogP contribution is -2.28. The standard InChI is InChI=1S/C22H19ClN2O2S/c1-27-15-8-6-14(7-9-15)17(12-25-22(26)20-10-11-21(23)28-20)18-13-24-19-5-3-2-4-16(18)19/h2-11,13,17,24H,12H2,1H3,(H,25,26). The molecular weight excluding hydrogens is 392 g/mol. The number of nitrogens with one attached hydrogen (secondary N) is 2. The van der Waals surface area contributed by atoms with Crippen molar-refractivity contribution < 1.29 is 9.53 Å². The third kappa shape index (κ3) is 3.77. The zero-order valence-corrected chi connectivity index (χ0v) is 16.8. The number of para-hydroxylation sites is 1. The molecule has 0 aliphatic carbocycles. The van der Waals surface area contributed by atoms with E-state index in [1.165, 1.54) is 11.3 Å². The molecule has 6 heteroatoms. The molecule has 0 aliphatic heterocycles. The van der Waals surface area contributed by atoms with Gasteiger partial charge in [-0.25, -0.2) is 0 Å². The number of ether oxygens (including phenoxy) is 1. The summed E-state index contributed by atoms with van der Waals surface area (Å²) < 4.78 is 5.89. The molecule has 2 N–H and O–H groups in total. The molecule has 1 atom stereocenters. The first-order valence-corrected chi connectivity index (χ1v) is 10.1. The van der Waals surface area contributed by atoms with Gasteiger partial charge in [0.05, 0.1) is 16.3 Å². The molecule has 1 amide bonds. The van der Waals surface area contributed by atoms with E-state index in [0.717, 1.165) is 27.8 Å². The van der Waals surface area contributed by atoms with Gasteiger partial charge in [-0.15, -0.1) is 11.3 Å². The SMILES string of the molecule is COc1ccc(C(CNC(=O)c2ccc(Cl)s2)c2c[nH]c3ccccc23)cc1. The maximum Gasteiger partial charge on any atom is 0.261 e. The predicted octanol–water partition coefficient (Wildman–Crippen LogP) is 5.45. The minimum atomic E-state index is -0.116. The van der Waals surface area contributed by atoms with Gasteiger partial charge in [0.2, 0.25) is 0 Å². The first kappa shape index (κ1) is 18.6. The molecule has 1 unspecified atom stereocenters. The summed E-state index contributed by atoms with van der Waals surface area (Å²) in [7, 11) is 1.65. The lowest BCUT2D eigenvalue weighted by molar-refractivity contribution is 0.0956. The number of amides is 1. The summed E-state index contributed by atoms with van der Waals surface area (Å²) in [5, 5.41) is 4.21. The van der Waals surface area contributed by atoms with Gasteiger partial charge >= 0.3 is 0 Å². The summed E-state index contributed by atoms with van der Waals surface area (Å²) in [6.07, 6.45) is 2.02. The van der Waals surface area contributed by atoms with E-state index in [0.29, 0.717) is 15.8 Å². The second-order valence-corrected chi connectivity index (χ2v) is 8.14. The van der Waals surface area contributed by atoms with Gasteiger partial charge in [0.1, 0.15) is 5.75 Å². The van der Waals surface area contributed by atoms with E-state index in [2.05, 4.69) is 22.4 Å². The Hall–Kier alpha value is -2.76. The number of H-pyrrole nitrogens is 1. The Morgan fingerprint density at radius 1 is 1.14 bits per heavy atom. The van der Waals surface area contributed by atoms with E-state index < -0.39 is 0 Å². The first-order chi connectivity index (χ1) is 13.7. The summed E-state index contributed by atoms with van der Waals surface area (Å²) in [4.78, 5) is 16.5. The quantitative estimate of drug-likeness (QED) is 0.444. The number of carbonyl (C=O) groups is 1. The Labute approximate surface area is 172 Å². The van der Waals surface area contributed by atoms with E-state index in [9.17, 15) is 4.79 Å². The van der Waals surface area contributed by atoms with Crippen molar-refractivity contribution in [1.82, 2.24) is 10.3 Å². The molecule has 4 rings (SSSR count). The van der Waals surface area contributed by atoms with Crippen LogP contribution < -0.4 is 10.1 Å². The zero-order valence-electron chi connectivity index (χ0n) is 15.2. The maximum atomic E-state index is 12.5. The van der Waals surface area contributed by atoms with E-state index in [4.69, 9.17) is 16.3 Å². The average molecular weight is 411 g/mol. The van der Waals surface area contributed by atoms with Crippen molar-refractivity contribution in [2.24, 2.45) is 0 Å². The molecule has 142 valence electrons. The number of fused-ring (bicyclic) bond motifs is 1. The molecule has 0 saturated heterocycles. The molecular formula is C22H19ClN2O2S. The van der Waals surface area contributed by atoms with E-state index >= 15 is 0 Å². The normalized spacial score (nSPS) is 12.1. The number of thiophene rings is 1. The third-order valence-corrected chi connectivity index (χ3v) is 6.01. The predicted molar refractivity (Wildman–Crippen MR) is 115 cm³/mol. The van der Waals surface area contributed by atoms with Crippen molar-refractivity contribution in [3.63, 3.8) is 0 Å². The highest BCUT2D eigenvalue weighted by atomic mass is 35.5. The third-order valence-electron chi connectivity index (χ3n) is 4.78. The Morgan fingerprint density at radius 2 is 1.93 bits per heavy atom. The number of rotatable bonds is 6. The molecule has 0 fully saturated rings. The van der Waals surface area contributed by atoms with Crippen molar-refractivity contribution in [2.75, 3.05) is 13.7 Å². The van der Waals surface area contributed by atoms with Crippen LogP contribution in [0.4, 0.5) is 0 Å². The number of halogens is 1. The number of benzene rings is 2. The summed E-state index contributed by atoms with van der Waals surface area (Å²) in [5.41, 5.74) is 3.33. The van der Waals surface area contributed by atoms with Gasteiger partial charge in [0, 0.05) is 29.6 Å². The molecule has 4 aromatic rings. The number of hydrogen-bond acceptors (Lipinski definition) is 3. The number of aromatic amines is 1. The van der Waals surface area contributed by atoms with E-state index in [1.807, 2.05) is 42.6 Å². The molecule has 0 radical (unpaired) electrons. The van der Waals surface area contributed by atoms with Crippen LogP contribution in [-0.4, -0.2) is 24.5 Å². The molecule has 0 saturated carbocycles. The number of methoxy groups -OCH3 is 1. The monoisotopic (exact) mass is 410 g/mol. The van der Waals surface area contributed by atoms with Crippen LogP contribution in [0.25, 0.3) is 10.9 Å². The molecule has 2 aromatic carbocycles. The number of hydrogen-bond donors (Lipinski definition) is 2. The molecule has 0 spiro atoms. The topological polar surface area (TPSA) is 54.1 Å². The van der Waals surface area contributed by atoms with Crippen LogP contribution in [0.1, 0.15) is 26.7 Å². The van der Waals surface area contributed by atoms with Gasteiger partial charge in [-0.3, -0.25) is 4.79 Å². The molecule has 28 heavy (non-hydrogen) atoms. The fourth-order valence-corrected chi connectivity index (χ4v) is 4.30. The minimum absolute atomic E-state index is 0.00133. The Balaban J connectivity index is 1.65. The van der Waals surface area contributed by atoms with Gasteiger partial charge in [-0.1, -0.05) is 41.9 Å². The second kappa shape index (κ2) is 8.09. The Bertz CT molecular complexity index is 1100. The molecule has 4 nitrogen and oxygen atoms in total. The smallest absolute Gasteiger partial charge is 0.261 e. The van der Waals surface area contributed by atoms with Crippen LogP contribution in [0, 0.1) is 0 Å². The van der Waals surface area contributed by atoms with Crippen LogP contribution in [0.5, 0.6) is 5.75 Å². The van der Waals surface area contributed by atoms with Gasteiger partial charge in [-0.05, 0) is 41.5 Å². The lowest BCUT2D eigenvalue weighted by atomic mass is 9.90. The van der Waals surface area contributed by atoms with Crippen molar-refractivity contribution in [1.29, 1.82) is 0 Å². The van der Waals surface area contributed by atoms with Gasteiger partial charge < -0.3 is 15.0 Å². The largest absolute Gasteiger partial charge is 0.497 e. The van der Waals surface area contributed by atoms with Crippen molar-refractivity contribution >= 4 is 39.7 Å². The zero-order chi connectivity index (χ0) is 19.5. The maximum absolute atomic E-state index is 12.5. The van der Waals surface area contributed by atoms with Crippen LogP contribution in [0.15, 0.2) is 66.9 Å². The summed E-state index contributed by atoms with van der Waals surface area (Å²) in [5.74, 6) is 0.690. The number of carbonyl (C=O) groups excluding carboxylic acids is 1. The van der Waals surface area contributed by atoms with Crippen LogP contribution in [-0.2, 0) is 0 Å². The van der Waals surface area contributed by atoms with Crippen molar-refractivity contribution in [3.05, 3.63) is 87.2 Å². The Kier molecular flexibility index (Phi) is 5.37. The first-order valence-electron chi connectivity index (χ1n) is 8.89. The molecule has 0 aliphatic rings. The lowest BCUT2D eigenvalue weighted by Gasteiger charge is -2.18. The van der Waals surface area contributed by atoms with Crippen molar-refractivity contribution in [2.45, 2.75) is 5.92 Å². The molecule has 2 heterocycles. The van der Waals surface area contributed by atoms with E-state index in [-0.39, 0.29) is 11.8 Å². The summed E-state index contributed by atoms with van der Waals surface area (Å²) in [6.45, 7) is 0.475. The molecule has 0 bridgehead atoms. The number of aromatic nitrogens is 1.